The van der Waals surface area contributed by atoms with Crippen LogP contribution in [0, 0.1) is 5.92 Å². The van der Waals surface area contributed by atoms with Crippen molar-refractivity contribution in [1.29, 1.82) is 0 Å². The third-order valence-corrected chi connectivity index (χ3v) is 8.23. The summed E-state index contributed by atoms with van der Waals surface area (Å²) in [4.78, 5) is 43.1. The van der Waals surface area contributed by atoms with Gasteiger partial charge >= 0.3 is 0 Å². The molecule has 0 aromatic heterocycles. The molecule has 39 heavy (non-hydrogen) atoms. The quantitative estimate of drug-likeness (QED) is 0.395. The Balaban J connectivity index is 1.61. The normalized spacial score (nSPS) is 18.9. The minimum absolute atomic E-state index is 0.0996. The van der Waals surface area contributed by atoms with Crippen molar-refractivity contribution in [2.45, 2.75) is 24.8 Å². The van der Waals surface area contributed by atoms with Crippen LogP contribution in [0.4, 0.5) is 11.4 Å². The van der Waals surface area contributed by atoms with Gasteiger partial charge in [0.25, 0.3) is 5.91 Å². The van der Waals surface area contributed by atoms with E-state index in [-0.39, 0.29) is 36.6 Å². The summed E-state index contributed by atoms with van der Waals surface area (Å²) in [7, 11) is 0. The number of nitrogens with one attached hydrogen (secondary N) is 1. The van der Waals surface area contributed by atoms with Crippen LogP contribution in [-0.2, 0) is 26.3 Å². The van der Waals surface area contributed by atoms with E-state index < -0.39 is 5.54 Å². The van der Waals surface area contributed by atoms with Crippen molar-refractivity contribution in [2.75, 3.05) is 29.9 Å². The fraction of sp³-hybridized carbons (Fsp3) is 0.276. The van der Waals surface area contributed by atoms with E-state index in [2.05, 4.69) is 5.32 Å². The Morgan fingerprint density at radius 2 is 1.62 bits per heavy atom. The summed E-state index contributed by atoms with van der Waals surface area (Å²) in [5, 5.41) is 4.49. The van der Waals surface area contributed by atoms with Crippen molar-refractivity contribution in [3.8, 4) is 0 Å². The maximum absolute atomic E-state index is 14.1. The van der Waals surface area contributed by atoms with Gasteiger partial charge in [0, 0.05) is 57.4 Å². The van der Waals surface area contributed by atoms with E-state index in [1.54, 1.807) is 41.3 Å². The molecule has 1 atom stereocenters. The molecule has 1 unspecified atom stereocenters. The number of carbonyl (C=O) groups excluding carboxylic acids is 3. The molecule has 2 aliphatic heterocycles. The lowest BCUT2D eigenvalue weighted by molar-refractivity contribution is -0.134. The molecule has 3 aromatic rings. The highest BCUT2D eigenvalue weighted by Gasteiger charge is 2.52. The van der Waals surface area contributed by atoms with Gasteiger partial charge in [0.2, 0.25) is 11.8 Å². The van der Waals surface area contributed by atoms with Crippen molar-refractivity contribution >= 4 is 63.9 Å². The summed E-state index contributed by atoms with van der Waals surface area (Å²) in [6.45, 7) is 0.725. The Morgan fingerprint density at radius 3 is 2.28 bits per heavy atom. The van der Waals surface area contributed by atoms with Gasteiger partial charge in [0.15, 0.2) is 5.54 Å². The van der Waals surface area contributed by atoms with Crippen molar-refractivity contribution in [3.63, 3.8) is 0 Å². The first-order chi connectivity index (χ1) is 18.7. The number of hydrogen-bond donors (Lipinski definition) is 2. The molecule has 2 aliphatic rings. The smallest absolute Gasteiger partial charge is 0.255 e. The van der Waals surface area contributed by atoms with Crippen LogP contribution in [0.1, 0.15) is 24.0 Å². The topological polar surface area (TPSA) is 95.7 Å². The van der Waals surface area contributed by atoms with E-state index in [0.29, 0.717) is 57.9 Å². The molecular formula is C29H27Cl3N4O3. The minimum Gasteiger partial charge on any atom is -0.369 e. The van der Waals surface area contributed by atoms with Crippen LogP contribution in [0.2, 0.25) is 15.1 Å². The average molecular weight is 586 g/mol. The Labute approximate surface area is 241 Å². The molecule has 202 valence electrons. The Bertz CT molecular complexity index is 1440. The fourth-order valence-electron chi connectivity index (χ4n) is 5.55. The van der Waals surface area contributed by atoms with Crippen molar-refractivity contribution in [3.05, 3.63) is 92.9 Å². The Morgan fingerprint density at radius 1 is 0.949 bits per heavy atom. The molecule has 0 radical (unpaired) electrons. The average Bonchev–Trinajstić information content (AvgIpc) is 3.17. The molecule has 5 rings (SSSR count). The molecule has 3 N–H and O–H groups in total. The second-order valence-electron chi connectivity index (χ2n) is 9.93. The molecule has 1 saturated heterocycles. The lowest BCUT2D eigenvalue weighted by Gasteiger charge is -2.42. The van der Waals surface area contributed by atoms with Crippen LogP contribution >= 0.6 is 34.8 Å². The van der Waals surface area contributed by atoms with Gasteiger partial charge in [-0.25, -0.2) is 0 Å². The number of anilines is 2. The number of piperidine rings is 1. The number of nitrogens with two attached hydrogens (primary N) is 1. The summed E-state index contributed by atoms with van der Waals surface area (Å²) in [6.07, 6.45) is 1.25. The zero-order valence-corrected chi connectivity index (χ0v) is 23.3. The zero-order chi connectivity index (χ0) is 27.7. The van der Waals surface area contributed by atoms with Gasteiger partial charge in [-0.05, 0) is 60.9 Å². The maximum atomic E-state index is 14.1. The van der Waals surface area contributed by atoms with Gasteiger partial charge in [-0.1, -0.05) is 59.1 Å². The van der Waals surface area contributed by atoms with Gasteiger partial charge in [0.1, 0.15) is 0 Å². The van der Waals surface area contributed by atoms with E-state index in [1.807, 2.05) is 35.2 Å². The molecule has 0 aliphatic carbocycles. The molecule has 1 fully saturated rings. The van der Waals surface area contributed by atoms with Crippen LogP contribution in [-0.4, -0.2) is 42.3 Å². The van der Waals surface area contributed by atoms with Crippen molar-refractivity contribution in [1.82, 2.24) is 4.90 Å². The molecule has 10 heteroatoms. The van der Waals surface area contributed by atoms with E-state index in [9.17, 15) is 14.4 Å². The predicted octanol–water partition coefficient (Wildman–Crippen LogP) is 5.27. The standard InChI is InChI=1S/C29H27Cl3N4O3/c30-20-4-1-3-18(13-20)16-29(24-8-7-22(32)15-25(24)34-28(29)39)36(23-6-2-5-21(31)14-23)17-26(37)35-11-9-19(10-12-35)27(33)38/h1-8,13-15,19H,9-12,16-17H2,(H2,33,38)(H,34,39). The van der Waals surface area contributed by atoms with E-state index in [0.717, 1.165) is 5.56 Å². The number of nitrogens with zero attached hydrogens (tertiary/aromatic N) is 2. The zero-order valence-electron chi connectivity index (χ0n) is 21.0. The highest BCUT2D eigenvalue weighted by atomic mass is 35.5. The minimum atomic E-state index is -1.31. The Kier molecular flexibility index (Phi) is 7.76. The van der Waals surface area contributed by atoms with Gasteiger partial charge in [-0.15, -0.1) is 0 Å². The third-order valence-electron chi connectivity index (χ3n) is 7.52. The highest BCUT2D eigenvalue weighted by Crippen LogP contribution is 2.46. The Hall–Kier alpha value is -3.26. The first kappa shape index (κ1) is 27.3. The second-order valence-corrected chi connectivity index (χ2v) is 11.2. The van der Waals surface area contributed by atoms with E-state index >= 15 is 0 Å². The molecule has 0 bridgehead atoms. The van der Waals surface area contributed by atoms with Crippen molar-refractivity contribution < 1.29 is 14.4 Å². The molecular weight excluding hydrogens is 559 g/mol. The first-order valence-electron chi connectivity index (χ1n) is 12.6. The summed E-state index contributed by atoms with van der Waals surface area (Å²) < 4.78 is 0. The van der Waals surface area contributed by atoms with Crippen LogP contribution in [0.3, 0.4) is 0 Å². The van der Waals surface area contributed by atoms with Crippen LogP contribution in [0.5, 0.6) is 0 Å². The van der Waals surface area contributed by atoms with Gasteiger partial charge in [-0.3, -0.25) is 14.4 Å². The molecule has 0 saturated carbocycles. The first-order valence-corrected chi connectivity index (χ1v) is 13.8. The van der Waals surface area contributed by atoms with Gasteiger partial charge in [0.05, 0.1) is 6.54 Å². The highest BCUT2D eigenvalue weighted by molar-refractivity contribution is 6.31. The summed E-state index contributed by atoms with van der Waals surface area (Å²) in [5.41, 5.74) is 6.89. The maximum Gasteiger partial charge on any atom is 0.255 e. The van der Waals surface area contributed by atoms with Crippen molar-refractivity contribution in [2.24, 2.45) is 11.7 Å². The number of likely N-dealkylation sites (tertiary alicyclic amines) is 1. The summed E-state index contributed by atoms with van der Waals surface area (Å²) in [6, 6.07) is 19.7. The monoisotopic (exact) mass is 584 g/mol. The molecule has 7 nitrogen and oxygen atoms in total. The second kappa shape index (κ2) is 11.1. The SMILES string of the molecule is NC(=O)C1CCN(C(=O)CN(c2cccc(Cl)c2)C2(Cc3cccc(Cl)c3)C(=O)Nc3cc(Cl)ccc32)CC1. The van der Waals surface area contributed by atoms with E-state index in [1.165, 1.54) is 0 Å². The van der Waals surface area contributed by atoms with Crippen LogP contribution < -0.4 is 16.0 Å². The lowest BCUT2D eigenvalue weighted by Crippen LogP contribution is -2.57. The number of hydrogen-bond acceptors (Lipinski definition) is 4. The number of primary amides is 1. The molecule has 2 heterocycles. The lowest BCUT2D eigenvalue weighted by atomic mass is 9.82. The third kappa shape index (κ3) is 5.44. The number of rotatable bonds is 7. The number of carbonyl (C=O) groups is 3. The van der Waals surface area contributed by atoms with Crippen LogP contribution in [0.25, 0.3) is 0 Å². The molecule has 3 amide bonds. The van der Waals surface area contributed by atoms with Crippen LogP contribution in [0.15, 0.2) is 66.7 Å². The number of amides is 3. The van der Waals surface area contributed by atoms with E-state index in [4.69, 9.17) is 40.5 Å². The molecule has 3 aromatic carbocycles. The summed E-state index contributed by atoms with van der Waals surface area (Å²) in [5.74, 6) is -1.05. The molecule has 0 spiro atoms. The number of fused-ring (bicyclic) bond motifs is 1. The number of benzene rings is 3. The van der Waals surface area contributed by atoms with Gasteiger partial charge < -0.3 is 20.9 Å². The largest absolute Gasteiger partial charge is 0.369 e. The fourth-order valence-corrected chi connectivity index (χ4v) is 6.12. The van der Waals surface area contributed by atoms with Gasteiger partial charge in [-0.2, -0.15) is 0 Å². The number of halogens is 3. The predicted molar refractivity (Wildman–Crippen MR) is 154 cm³/mol. The summed E-state index contributed by atoms with van der Waals surface area (Å²) >= 11 is 19.0.